The predicted molar refractivity (Wildman–Crippen MR) is 138 cm³/mol. The lowest BCUT2D eigenvalue weighted by atomic mass is 10.1. The summed E-state index contributed by atoms with van der Waals surface area (Å²) in [6.07, 6.45) is 5.51. The molecule has 0 saturated heterocycles. The Balaban J connectivity index is 1.67. The predicted octanol–water partition coefficient (Wildman–Crippen LogP) is 6.68. The monoisotopic (exact) mass is 435 g/mol. The highest BCUT2D eigenvalue weighted by atomic mass is 15.0. The number of aromatic nitrogens is 5. The second kappa shape index (κ2) is 6.39. The number of pyridine rings is 3. The number of imidazole rings is 1. The van der Waals surface area contributed by atoms with Crippen LogP contribution in [0.2, 0.25) is 0 Å². The van der Waals surface area contributed by atoms with Crippen molar-refractivity contribution in [1.82, 2.24) is 23.9 Å². The van der Waals surface area contributed by atoms with Crippen molar-refractivity contribution in [1.29, 1.82) is 0 Å². The van der Waals surface area contributed by atoms with Crippen LogP contribution >= 0.6 is 0 Å². The van der Waals surface area contributed by atoms with Crippen LogP contribution in [0.15, 0.2) is 104 Å². The fourth-order valence-electron chi connectivity index (χ4n) is 5.39. The van der Waals surface area contributed by atoms with Crippen LogP contribution in [-0.4, -0.2) is 23.9 Å². The van der Waals surface area contributed by atoms with Crippen molar-refractivity contribution in [2.45, 2.75) is 0 Å². The summed E-state index contributed by atoms with van der Waals surface area (Å²) in [7, 11) is 0. The van der Waals surface area contributed by atoms with Gasteiger partial charge < -0.3 is 4.57 Å². The Morgan fingerprint density at radius 2 is 1.44 bits per heavy atom. The first-order valence-electron chi connectivity index (χ1n) is 11.3. The number of rotatable bonds is 1. The maximum atomic E-state index is 5.01. The summed E-state index contributed by atoms with van der Waals surface area (Å²) in [4.78, 5) is 14.1. The molecule has 0 aliphatic carbocycles. The highest BCUT2D eigenvalue weighted by molar-refractivity contribution is 6.20. The van der Waals surface area contributed by atoms with Gasteiger partial charge in [0.2, 0.25) is 0 Å². The zero-order valence-electron chi connectivity index (χ0n) is 18.1. The molecule has 5 heteroatoms. The van der Waals surface area contributed by atoms with Gasteiger partial charge in [-0.25, -0.2) is 4.98 Å². The van der Waals surface area contributed by atoms with E-state index in [0.29, 0.717) is 0 Å². The standard InChI is InChI=1S/C29H17N5/c1-2-7-18(8-3-1)33-24-10-5-4-9-19(24)20-15-22-21(16-27(20)33)28-26(11-6-13-31-28)34-25-12-14-30-17-23(25)32-29(22)34/h1-17H. The zero-order chi connectivity index (χ0) is 22.2. The van der Waals surface area contributed by atoms with E-state index in [9.17, 15) is 0 Å². The van der Waals surface area contributed by atoms with Gasteiger partial charge in [-0.2, -0.15) is 0 Å². The van der Waals surface area contributed by atoms with Gasteiger partial charge in [0, 0.05) is 39.6 Å². The van der Waals surface area contributed by atoms with E-state index >= 15 is 0 Å². The lowest BCUT2D eigenvalue weighted by molar-refractivity contribution is 1.18. The Morgan fingerprint density at radius 3 is 2.38 bits per heavy atom. The molecule has 0 amide bonds. The lowest BCUT2D eigenvalue weighted by Gasteiger charge is -2.10. The highest BCUT2D eigenvalue weighted by Crippen LogP contribution is 2.38. The molecule has 158 valence electrons. The van der Waals surface area contributed by atoms with Gasteiger partial charge in [0.25, 0.3) is 0 Å². The molecule has 0 atom stereocenters. The van der Waals surface area contributed by atoms with Gasteiger partial charge in [-0.15, -0.1) is 0 Å². The van der Waals surface area contributed by atoms with Crippen molar-refractivity contribution >= 4 is 60.3 Å². The summed E-state index contributed by atoms with van der Waals surface area (Å²) in [5, 5.41) is 4.61. The Kier molecular flexibility index (Phi) is 3.34. The fourth-order valence-corrected chi connectivity index (χ4v) is 5.39. The molecule has 0 N–H and O–H groups in total. The van der Waals surface area contributed by atoms with E-state index in [1.807, 2.05) is 30.7 Å². The molecule has 8 rings (SSSR count). The molecule has 0 fully saturated rings. The Labute approximate surface area is 193 Å². The Hall–Kier alpha value is -4.77. The third-order valence-electron chi connectivity index (χ3n) is 6.81. The number of fused-ring (bicyclic) bond motifs is 11. The maximum Gasteiger partial charge on any atom is 0.146 e. The maximum absolute atomic E-state index is 5.01. The van der Waals surface area contributed by atoms with Crippen LogP contribution in [0.25, 0.3) is 66.0 Å². The fraction of sp³-hybridized carbons (Fsp3) is 0. The third-order valence-corrected chi connectivity index (χ3v) is 6.81. The number of hydrogen-bond acceptors (Lipinski definition) is 3. The van der Waals surface area contributed by atoms with Crippen molar-refractivity contribution in [2.75, 3.05) is 0 Å². The second-order valence-electron chi connectivity index (χ2n) is 8.61. The van der Waals surface area contributed by atoms with Crippen molar-refractivity contribution in [3.8, 4) is 5.69 Å². The van der Waals surface area contributed by atoms with E-state index in [1.165, 1.54) is 16.3 Å². The summed E-state index contributed by atoms with van der Waals surface area (Å²) in [5.74, 6) is 0. The van der Waals surface area contributed by atoms with Crippen molar-refractivity contribution in [2.24, 2.45) is 0 Å². The van der Waals surface area contributed by atoms with E-state index < -0.39 is 0 Å². The van der Waals surface area contributed by atoms with Gasteiger partial charge in [0.1, 0.15) is 11.2 Å². The minimum absolute atomic E-state index is 0.881. The third kappa shape index (κ3) is 2.20. The SMILES string of the molecule is c1ccc(-n2c3ccccc3c3cc4c(cc32)c2ncccc2n2c3ccncc3nc42)cc1. The average Bonchev–Trinajstić information content (AvgIpc) is 3.44. The van der Waals surface area contributed by atoms with Crippen LogP contribution in [0.1, 0.15) is 0 Å². The first-order chi connectivity index (χ1) is 16.9. The molecule has 0 aliphatic rings. The molecular formula is C29H17N5. The van der Waals surface area contributed by atoms with E-state index in [2.05, 4.69) is 86.7 Å². The first-order valence-corrected chi connectivity index (χ1v) is 11.3. The van der Waals surface area contributed by atoms with Gasteiger partial charge in [0.05, 0.1) is 33.8 Å². The van der Waals surface area contributed by atoms with Crippen LogP contribution < -0.4 is 0 Å². The molecule has 0 radical (unpaired) electrons. The minimum Gasteiger partial charge on any atom is -0.309 e. The summed E-state index contributed by atoms with van der Waals surface area (Å²) in [6.45, 7) is 0. The molecule has 0 bridgehead atoms. The van der Waals surface area contributed by atoms with E-state index in [0.717, 1.165) is 49.7 Å². The second-order valence-corrected chi connectivity index (χ2v) is 8.61. The Bertz CT molecular complexity index is 2070. The van der Waals surface area contributed by atoms with Crippen LogP contribution in [0, 0.1) is 0 Å². The van der Waals surface area contributed by atoms with Gasteiger partial charge in [-0.3, -0.25) is 14.4 Å². The normalized spacial score (nSPS) is 12.1. The van der Waals surface area contributed by atoms with Crippen LogP contribution in [0.5, 0.6) is 0 Å². The summed E-state index contributed by atoms with van der Waals surface area (Å²) in [6, 6.07) is 29.8. The first kappa shape index (κ1) is 17.7. The molecule has 0 aliphatic heterocycles. The Morgan fingerprint density at radius 1 is 0.588 bits per heavy atom. The number of para-hydroxylation sites is 2. The van der Waals surface area contributed by atoms with E-state index in [1.54, 1.807) is 0 Å². The minimum atomic E-state index is 0.881. The number of hydrogen-bond donors (Lipinski definition) is 0. The molecule has 0 unspecified atom stereocenters. The smallest absolute Gasteiger partial charge is 0.146 e. The average molecular weight is 435 g/mol. The molecule has 5 nitrogen and oxygen atoms in total. The number of nitrogens with zero attached hydrogens (tertiary/aromatic N) is 5. The van der Waals surface area contributed by atoms with Gasteiger partial charge in [-0.05, 0) is 48.5 Å². The quantitative estimate of drug-likeness (QED) is 0.270. The largest absolute Gasteiger partial charge is 0.309 e. The van der Waals surface area contributed by atoms with Gasteiger partial charge >= 0.3 is 0 Å². The molecule has 34 heavy (non-hydrogen) atoms. The highest BCUT2D eigenvalue weighted by Gasteiger charge is 2.18. The summed E-state index contributed by atoms with van der Waals surface area (Å²) in [5.41, 5.74) is 8.34. The van der Waals surface area contributed by atoms with Crippen molar-refractivity contribution < 1.29 is 0 Å². The lowest BCUT2D eigenvalue weighted by Crippen LogP contribution is -1.95. The van der Waals surface area contributed by atoms with Crippen LogP contribution in [0.3, 0.4) is 0 Å². The molecule has 3 aromatic carbocycles. The van der Waals surface area contributed by atoms with Gasteiger partial charge in [-0.1, -0.05) is 36.4 Å². The van der Waals surface area contributed by atoms with Gasteiger partial charge in [0.15, 0.2) is 0 Å². The molecule has 5 aromatic heterocycles. The van der Waals surface area contributed by atoms with E-state index in [4.69, 9.17) is 9.97 Å². The molecule has 5 heterocycles. The van der Waals surface area contributed by atoms with Crippen LogP contribution in [-0.2, 0) is 0 Å². The molecule has 0 spiro atoms. The van der Waals surface area contributed by atoms with Crippen molar-refractivity contribution in [3.05, 3.63) is 104 Å². The topological polar surface area (TPSA) is 48.0 Å². The molecule has 8 aromatic rings. The van der Waals surface area contributed by atoms with Crippen LogP contribution in [0.4, 0.5) is 0 Å². The summed E-state index contributed by atoms with van der Waals surface area (Å²) < 4.78 is 4.55. The summed E-state index contributed by atoms with van der Waals surface area (Å²) >= 11 is 0. The molecule has 0 saturated carbocycles. The van der Waals surface area contributed by atoms with Crippen molar-refractivity contribution in [3.63, 3.8) is 0 Å². The van der Waals surface area contributed by atoms with E-state index in [-0.39, 0.29) is 0 Å². The number of benzene rings is 3. The zero-order valence-corrected chi connectivity index (χ0v) is 18.1. The molecular weight excluding hydrogens is 418 g/mol.